The Kier molecular flexibility index (Phi) is 3.86. The van der Waals surface area contributed by atoms with Crippen molar-refractivity contribution in [1.29, 1.82) is 0 Å². The monoisotopic (exact) mass is 335 g/mol. The molecule has 0 N–H and O–H groups in total. The SMILES string of the molecule is CC(C)(C)Cc1nccc2c1ccn1c(C3CCCC3)cc(=O)nc21. The lowest BCUT2D eigenvalue weighted by Gasteiger charge is -2.19. The number of pyridine rings is 2. The Hall–Kier alpha value is -2.23. The van der Waals surface area contributed by atoms with Crippen LogP contribution in [0.2, 0.25) is 0 Å². The van der Waals surface area contributed by atoms with E-state index in [1.807, 2.05) is 12.3 Å². The van der Waals surface area contributed by atoms with Crippen molar-refractivity contribution in [2.45, 2.75) is 58.8 Å². The average molecular weight is 335 g/mol. The zero-order valence-electron chi connectivity index (χ0n) is 15.2. The van der Waals surface area contributed by atoms with E-state index in [1.54, 1.807) is 6.07 Å². The third kappa shape index (κ3) is 3.06. The minimum absolute atomic E-state index is 0.136. The van der Waals surface area contributed by atoms with Crippen molar-refractivity contribution in [2.75, 3.05) is 0 Å². The summed E-state index contributed by atoms with van der Waals surface area (Å²) in [6, 6.07) is 5.86. The lowest BCUT2D eigenvalue weighted by molar-refractivity contribution is 0.408. The average Bonchev–Trinajstić information content (AvgIpc) is 3.07. The fraction of sp³-hybridized carbons (Fsp3) is 0.476. The van der Waals surface area contributed by atoms with Gasteiger partial charge in [0.25, 0.3) is 5.56 Å². The maximum atomic E-state index is 12.3. The molecular weight excluding hydrogens is 310 g/mol. The van der Waals surface area contributed by atoms with Crippen LogP contribution in [0.4, 0.5) is 0 Å². The summed E-state index contributed by atoms with van der Waals surface area (Å²) in [7, 11) is 0. The molecule has 1 aliphatic carbocycles. The van der Waals surface area contributed by atoms with E-state index >= 15 is 0 Å². The highest BCUT2D eigenvalue weighted by atomic mass is 16.1. The molecule has 0 bridgehead atoms. The summed E-state index contributed by atoms with van der Waals surface area (Å²) >= 11 is 0. The summed E-state index contributed by atoms with van der Waals surface area (Å²) in [5, 5.41) is 2.13. The molecule has 0 unspecified atom stereocenters. The molecule has 0 amide bonds. The minimum atomic E-state index is -0.136. The quantitative estimate of drug-likeness (QED) is 0.648. The second kappa shape index (κ2) is 5.94. The van der Waals surface area contributed by atoms with Crippen LogP contribution in [0, 0.1) is 5.41 Å². The predicted molar refractivity (Wildman–Crippen MR) is 101 cm³/mol. The van der Waals surface area contributed by atoms with Crippen molar-refractivity contribution in [3.05, 3.63) is 52.3 Å². The summed E-state index contributed by atoms with van der Waals surface area (Å²) in [6.45, 7) is 6.65. The minimum Gasteiger partial charge on any atom is -0.304 e. The van der Waals surface area contributed by atoms with Crippen LogP contribution in [0.3, 0.4) is 0 Å². The van der Waals surface area contributed by atoms with Gasteiger partial charge in [-0.15, -0.1) is 0 Å². The number of rotatable bonds is 2. The van der Waals surface area contributed by atoms with Gasteiger partial charge >= 0.3 is 0 Å². The standard InChI is InChI=1S/C21H25N3O/c1-21(2,3)13-17-15-9-11-24-18(14-6-4-5-7-14)12-19(25)23-20(24)16(15)8-10-22-17/h8-12,14H,4-7,13H2,1-3H3. The van der Waals surface area contributed by atoms with Gasteiger partial charge in [-0.05, 0) is 42.7 Å². The van der Waals surface area contributed by atoms with Gasteiger partial charge in [0, 0.05) is 40.6 Å². The molecule has 0 radical (unpaired) electrons. The fourth-order valence-electron chi connectivity index (χ4n) is 4.08. The Morgan fingerprint density at radius 2 is 1.92 bits per heavy atom. The van der Waals surface area contributed by atoms with Crippen LogP contribution in [0.1, 0.15) is 63.8 Å². The van der Waals surface area contributed by atoms with Crippen LogP contribution in [0.25, 0.3) is 16.4 Å². The Morgan fingerprint density at radius 1 is 1.16 bits per heavy atom. The number of fused-ring (bicyclic) bond motifs is 3. The topological polar surface area (TPSA) is 47.3 Å². The highest BCUT2D eigenvalue weighted by molar-refractivity contribution is 5.95. The first-order valence-electron chi connectivity index (χ1n) is 9.22. The molecule has 4 nitrogen and oxygen atoms in total. The van der Waals surface area contributed by atoms with Crippen molar-refractivity contribution >= 4 is 16.4 Å². The van der Waals surface area contributed by atoms with Gasteiger partial charge in [-0.3, -0.25) is 9.78 Å². The van der Waals surface area contributed by atoms with Crippen LogP contribution in [0.15, 0.2) is 35.4 Å². The lowest BCUT2D eigenvalue weighted by Crippen LogP contribution is -2.15. The van der Waals surface area contributed by atoms with Gasteiger partial charge in [0.1, 0.15) is 5.65 Å². The largest absolute Gasteiger partial charge is 0.304 e. The number of aromatic nitrogens is 3. The van der Waals surface area contributed by atoms with E-state index in [2.05, 4.69) is 47.4 Å². The third-order valence-electron chi connectivity index (χ3n) is 5.17. The Labute approximate surface area is 147 Å². The molecular formula is C21H25N3O. The summed E-state index contributed by atoms with van der Waals surface area (Å²) in [6.07, 6.45) is 9.63. The van der Waals surface area contributed by atoms with Crippen LogP contribution < -0.4 is 5.56 Å². The molecule has 3 heterocycles. The van der Waals surface area contributed by atoms with Crippen LogP contribution in [-0.4, -0.2) is 14.4 Å². The first-order valence-corrected chi connectivity index (χ1v) is 9.22. The van der Waals surface area contributed by atoms with Crippen molar-refractivity contribution in [3.8, 4) is 0 Å². The lowest BCUT2D eigenvalue weighted by atomic mass is 9.89. The Bertz CT molecular complexity index is 992. The third-order valence-corrected chi connectivity index (χ3v) is 5.17. The van der Waals surface area contributed by atoms with E-state index in [4.69, 9.17) is 0 Å². The number of hydrogen-bond acceptors (Lipinski definition) is 3. The second-order valence-corrected chi connectivity index (χ2v) is 8.47. The van der Waals surface area contributed by atoms with Crippen molar-refractivity contribution in [1.82, 2.24) is 14.4 Å². The predicted octanol–water partition coefficient (Wildman–Crippen LogP) is 4.49. The first kappa shape index (κ1) is 16.2. The molecule has 4 heteroatoms. The van der Waals surface area contributed by atoms with E-state index in [0.717, 1.165) is 47.1 Å². The zero-order chi connectivity index (χ0) is 17.6. The van der Waals surface area contributed by atoms with E-state index < -0.39 is 0 Å². The smallest absolute Gasteiger partial charge is 0.273 e. The van der Waals surface area contributed by atoms with E-state index in [9.17, 15) is 4.79 Å². The van der Waals surface area contributed by atoms with Crippen LogP contribution in [-0.2, 0) is 6.42 Å². The van der Waals surface area contributed by atoms with Crippen molar-refractivity contribution in [3.63, 3.8) is 0 Å². The molecule has 3 aromatic heterocycles. The van der Waals surface area contributed by atoms with Gasteiger partial charge in [-0.2, -0.15) is 4.98 Å². The molecule has 130 valence electrons. The van der Waals surface area contributed by atoms with Gasteiger partial charge in [0.2, 0.25) is 0 Å². The van der Waals surface area contributed by atoms with E-state index in [1.165, 1.54) is 12.8 Å². The van der Waals surface area contributed by atoms with Crippen molar-refractivity contribution in [2.24, 2.45) is 5.41 Å². The van der Waals surface area contributed by atoms with Gasteiger partial charge in [-0.25, -0.2) is 0 Å². The molecule has 25 heavy (non-hydrogen) atoms. The normalized spacial score (nSPS) is 16.1. The number of nitrogens with zero attached hydrogens (tertiary/aromatic N) is 3. The molecule has 0 atom stereocenters. The number of hydrogen-bond donors (Lipinski definition) is 0. The molecule has 4 rings (SSSR count). The summed E-state index contributed by atoms with van der Waals surface area (Å²) < 4.78 is 2.13. The Morgan fingerprint density at radius 3 is 2.64 bits per heavy atom. The maximum Gasteiger partial charge on any atom is 0.273 e. The fourth-order valence-corrected chi connectivity index (χ4v) is 4.08. The summed E-state index contributed by atoms with van der Waals surface area (Å²) in [4.78, 5) is 21.2. The van der Waals surface area contributed by atoms with Gasteiger partial charge in [-0.1, -0.05) is 33.6 Å². The molecule has 0 saturated heterocycles. The van der Waals surface area contributed by atoms with E-state index in [0.29, 0.717) is 5.92 Å². The summed E-state index contributed by atoms with van der Waals surface area (Å²) in [5.41, 5.74) is 2.98. The highest BCUT2D eigenvalue weighted by Crippen LogP contribution is 2.34. The Balaban J connectivity index is 1.98. The molecule has 0 aromatic carbocycles. The van der Waals surface area contributed by atoms with Crippen LogP contribution >= 0.6 is 0 Å². The molecule has 0 aliphatic heterocycles. The molecule has 1 fully saturated rings. The molecule has 1 aliphatic rings. The maximum absolute atomic E-state index is 12.3. The highest BCUT2D eigenvalue weighted by Gasteiger charge is 2.21. The second-order valence-electron chi connectivity index (χ2n) is 8.47. The summed E-state index contributed by atoms with van der Waals surface area (Å²) in [5.74, 6) is 0.469. The zero-order valence-corrected chi connectivity index (χ0v) is 15.2. The molecule has 3 aromatic rings. The molecule has 1 saturated carbocycles. The van der Waals surface area contributed by atoms with Gasteiger partial charge in [0.05, 0.1) is 0 Å². The van der Waals surface area contributed by atoms with Crippen molar-refractivity contribution < 1.29 is 0 Å². The van der Waals surface area contributed by atoms with Gasteiger partial charge in [0.15, 0.2) is 0 Å². The van der Waals surface area contributed by atoms with Gasteiger partial charge < -0.3 is 4.40 Å². The van der Waals surface area contributed by atoms with E-state index in [-0.39, 0.29) is 11.0 Å². The van der Waals surface area contributed by atoms with Crippen LogP contribution in [0.5, 0.6) is 0 Å². The first-order chi connectivity index (χ1) is 11.9. The molecule has 0 spiro atoms.